The lowest BCUT2D eigenvalue weighted by molar-refractivity contribution is -0.164. The molecule has 4 aliphatic rings. The highest BCUT2D eigenvalue weighted by molar-refractivity contribution is 8.00. The second kappa shape index (κ2) is 9.28. The first-order chi connectivity index (χ1) is 15.9. The van der Waals surface area contributed by atoms with Crippen LogP contribution in [0.4, 0.5) is 0 Å². The van der Waals surface area contributed by atoms with Crippen LogP contribution in [0.3, 0.4) is 0 Å². The van der Waals surface area contributed by atoms with Crippen LogP contribution < -0.4 is 0 Å². The molecule has 0 aliphatic heterocycles. The van der Waals surface area contributed by atoms with Crippen molar-refractivity contribution >= 4 is 17.5 Å². The van der Waals surface area contributed by atoms with Crippen molar-refractivity contribution < 1.29 is 14.6 Å². The van der Waals surface area contributed by atoms with Crippen molar-refractivity contribution in [1.82, 2.24) is 4.98 Å². The Bertz CT molecular complexity index is 849. The molecule has 4 aliphatic carbocycles. The maximum atomic E-state index is 13.4. The van der Waals surface area contributed by atoms with Crippen LogP contribution in [0.2, 0.25) is 0 Å². The second-order valence-corrected chi connectivity index (χ2v) is 13.0. The molecular formula is C28H41NO3S. The number of carbonyl (C=O) groups is 1. The quantitative estimate of drug-likeness (QED) is 0.408. The summed E-state index contributed by atoms with van der Waals surface area (Å²) in [6, 6.07) is 4.00. The van der Waals surface area contributed by atoms with Gasteiger partial charge in [0, 0.05) is 36.2 Å². The van der Waals surface area contributed by atoms with Crippen LogP contribution in [0.1, 0.15) is 71.6 Å². The monoisotopic (exact) mass is 471 g/mol. The molecular weight excluding hydrogens is 430 g/mol. The number of Topliss-reactive ketones (excluding diaryl/α,β-unsaturated/α-hetero) is 1. The third-order valence-corrected chi connectivity index (χ3v) is 11.8. The molecule has 5 rings (SSSR count). The number of pyridine rings is 1. The second-order valence-electron chi connectivity index (χ2n) is 11.9. The average molecular weight is 472 g/mol. The number of aliphatic hydroxyl groups excluding tert-OH is 1. The topological polar surface area (TPSA) is 59.4 Å². The van der Waals surface area contributed by atoms with Crippen LogP contribution in [0.5, 0.6) is 0 Å². The number of methoxy groups -OCH3 is 1. The Morgan fingerprint density at radius 2 is 1.82 bits per heavy atom. The van der Waals surface area contributed by atoms with E-state index in [0.29, 0.717) is 34.7 Å². The fourth-order valence-corrected chi connectivity index (χ4v) is 9.79. The van der Waals surface area contributed by atoms with E-state index in [1.165, 1.54) is 38.5 Å². The van der Waals surface area contributed by atoms with Crippen LogP contribution >= 0.6 is 11.8 Å². The van der Waals surface area contributed by atoms with E-state index in [2.05, 4.69) is 18.8 Å². The van der Waals surface area contributed by atoms with E-state index in [4.69, 9.17) is 4.74 Å². The predicted octanol–water partition coefficient (Wildman–Crippen LogP) is 5.98. The first-order valence-electron chi connectivity index (χ1n) is 13.1. The smallest absolute Gasteiger partial charge is 0.156 e. The van der Waals surface area contributed by atoms with E-state index in [-0.39, 0.29) is 11.3 Å². The number of ether oxygens (including phenoxy) is 1. The number of carbonyl (C=O) groups excluding carboxylic acids is 1. The highest BCUT2D eigenvalue weighted by Crippen LogP contribution is 2.68. The number of aromatic nitrogens is 1. The van der Waals surface area contributed by atoms with Crippen molar-refractivity contribution in [2.45, 2.75) is 82.8 Å². The summed E-state index contributed by atoms with van der Waals surface area (Å²) in [5.41, 5.74) is 0.581. The summed E-state index contributed by atoms with van der Waals surface area (Å²) in [6.07, 6.45) is 13.8. The predicted molar refractivity (Wildman–Crippen MR) is 132 cm³/mol. The van der Waals surface area contributed by atoms with Crippen LogP contribution in [0.15, 0.2) is 29.4 Å². The summed E-state index contributed by atoms with van der Waals surface area (Å²) in [4.78, 5) is 18.6. The zero-order chi connectivity index (χ0) is 23.2. The molecule has 0 saturated heterocycles. The minimum Gasteiger partial charge on any atom is -0.368 e. The Hall–Kier alpha value is -0.910. The van der Waals surface area contributed by atoms with E-state index >= 15 is 0 Å². The van der Waals surface area contributed by atoms with E-state index in [1.807, 2.05) is 12.1 Å². The third kappa shape index (κ3) is 4.10. The van der Waals surface area contributed by atoms with Crippen molar-refractivity contribution in [3.8, 4) is 0 Å². The first-order valence-corrected chi connectivity index (χ1v) is 14.1. The number of aliphatic hydroxyl groups is 1. The molecule has 9 atom stereocenters. The van der Waals surface area contributed by atoms with E-state index < -0.39 is 6.29 Å². The number of hydrogen-bond donors (Lipinski definition) is 1. The molecule has 4 fully saturated rings. The Labute approximate surface area is 203 Å². The number of ketones is 1. The van der Waals surface area contributed by atoms with Crippen molar-refractivity contribution in [3.05, 3.63) is 24.5 Å². The highest BCUT2D eigenvalue weighted by Gasteiger charge is 2.61. The van der Waals surface area contributed by atoms with Crippen molar-refractivity contribution in [3.63, 3.8) is 0 Å². The van der Waals surface area contributed by atoms with Crippen LogP contribution in [-0.4, -0.2) is 35.0 Å². The molecule has 0 bridgehead atoms. The molecule has 0 amide bonds. The lowest BCUT2D eigenvalue weighted by atomic mass is 9.44. The largest absolute Gasteiger partial charge is 0.368 e. The number of thioether (sulfide) groups is 1. The van der Waals surface area contributed by atoms with Gasteiger partial charge in [-0.25, -0.2) is 0 Å². The standard InChI is InChI=1S/C28H41NO3S/c1-27-12-8-18(26(31)32-3)16-19(27)4-5-21-22-6-7-24(28(22,2)13-9-23(21)27)25(30)17-33-20-10-14-29-15-11-20/h10-11,14-15,18-19,21-24,26,31H,4-9,12-13,16-17H2,1-3H3/t18-,19-,21-,22-,23-,24+,26?,27-,28-/m0/s1. The molecule has 1 aromatic rings. The van der Waals surface area contributed by atoms with Gasteiger partial charge in [-0.05, 0) is 104 Å². The van der Waals surface area contributed by atoms with E-state index in [1.54, 1.807) is 31.3 Å². The zero-order valence-corrected chi connectivity index (χ0v) is 21.4. The Morgan fingerprint density at radius 3 is 2.58 bits per heavy atom. The lowest BCUT2D eigenvalue weighted by Crippen LogP contribution is -2.54. The van der Waals surface area contributed by atoms with Gasteiger partial charge in [0.2, 0.25) is 0 Å². The highest BCUT2D eigenvalue weighted by atomic mass is 32.2. The van der Waals surface area contributed by atoms with Gasteiger partial charge < -0.3 is 9.84 Å². The lowest BCUT2D eigenvalue weighted by Gasteiger charge is -2.61. The number of rotatable bonds is 6. The molecule has 1 N–H and O–H groups in total. The molecule has 33 heavy (non-hydrogen) atoms. The number of fused-ring (bicyclic) bond motifs is 5. The molecule has 4 nitrogen and oxygen atoms in total. The molecule has 1 unspecified atom stereocenters. The van der Waals surface area contributed by atoms with Crippen molar-refractivity contribution in [1.29, 1.82) is 0 Å². The maximum absolute atomic E-state index is 13.4. The van der Waals surface area contributed by atoms with E-state index in [0.717, 1.165) is 36.0 Å². The molecule has 0 radical (unpaired) electrons. The minimum absolute atomic E-state index is 0.184. The van der Waals surface area contributed by atoms with Gasteiger partial charge in [0.05, 0.1) is 5.75 Å². The fourth-order valence-electron chi connectivity index (χ4n) is 8.96. The number of hydrogen-bond acceptors (Lipinski definition) is 5. The van der Waals surface area contributed by atoms with E-state index in [9.17, 15) is 9.90 Å². The Morgan fingerprint density at radius 1 is 1.09 bits per heavy atom. The summed E-state index contributed by atoms with van der Waals surface area (Å²) in [5, 5.41) is 10.3. The molecule has 1 heterocycles. The fraction of sp³-hybridized carbons (Fsp3) is 0.786. The van der Waals surface area contributed by atoms with Gasteiger partial charge in [0.15, 0.2) is 6.29 Å². The average Bonchev–Trinajstić information content (AvgIpc) is 3.19. The third-order valence-electron chi connectivity index (χ3n) is 10.8. The minimum atomic E-state index is -0.603. The number of nitrogens with zero attached hydrogens (tertiary/aromatic N) is 1. The van der Waals surface area contributed by atoms with Gasteiger partial charge in [0.25, 0.3) is 0 Å². The van der Waals surface area contributed by atoms with Crippen LogP contribution in [-0.2, 0) is 9.53 Å². The Balaban J connectivity index is 1.27. The molecule has 4 saturated carbocycles. The van der Waals surface area contributed by atoms with Crippen LogP contribution in [0, 0.1) is 46.3 Å². The Kier molecular flexibility index (Phi) is 6.69. The summed E-state index contributed by atoms with van der Waals surface area (Å²) in [6.45, 7) is 5.02. The molecule has 5 heteroatoms. The molecule has 0 aromatic carbocycles. The van der Waals surface area contributed by atoms with Gasteiger partial charge in [-0.3, -0.25) is 9.78 Å². The molecule has 182 valence electrons. The van der Waals surface area contributed by atoms with Crippen molar-refractivity contribution in [2.24, 2.45) is 46.3 Å². The summed E-state index contributed by atoms with van der Waals surface area (Å²) in [5.74, 6) is 4.57. The summed E-state index contributed by atoms with van der Waals surface area (Å²) in [7, 11) is 1.63. The maximum Gasteiger partial charge on any atom is 0.156 e. The first kappa shape index (κ1) is 23.8. The normalized spacial score (nSPS) is 43.3. The summed E-state index contributed by atoms with van der Waals surface area (Å²) >= 11 is 1.67. The van der Waals surface area contributed by atoms with Gasteiger partial charge in [0.1, 0.15) is 5.78 Å². The van der Waals surface area contributed by atoms with Gasteiger partial charge in [-0.1, -0.05) is 13.8 Å². The molecule has 0 spiro atoms. The van der Waals surface area contributed by atoms with Crippen molar-refractivity contribution in [2.75, 3.05) is 12.9 Å². The molecule has 1 aromatic heterocycles. The van der Waals surface area contributed by atoms with Gasteiger partial charge >= 0.3 is 0 Å². The van der Waals surface area contributed by atoms with Gasteiger partial charge in [-0.15, -0.1) is 11.8 Å². The summed E-state index contributed by atoms with van der Waals surface area (Å²) < 4.78 is 5.28. The zero-order valence-electron chi connectivity index (χ0n) is 20.5. The van der Waals surface area contributed by atoms with Gasteiger partial charge in [-0.2, -0.15) is 0 Å². The SMILES string of the molecule is COC(O)[C@H]1CC[C@@]2(C)[C@@H](CC[C@@H]3[C@@H]2CC[C@]2(C)[C@@H](C(=O)CSc4ccncc4)CC[C@@H]32)C1. The van der Waals surface area contributed by atoms with Crippen LogP contribution in [0.25, 0.3) is 0 Å².